The lowest BCUT2D eigenvalue weighted by Gasteiger charge is -2.32. The van der Waals surface area contributed by atoms with Crippen LogP contribution in [0.2, 0.25) is 0 Å². The lowest BCUT2D eigenvalue weighted by Crippen LogP contribution is -2.33. The quantitative estimate of drug-likeness (QED) is 0.172. The molecule has 0 saturated heterocycles. The number of carbonyl (C=O) groups is 2. The summed E-state index contributed by atoms with van der Waals surface area (Å²) in [5, 5.41) is 25.0. The SMILES string of the molecule is CCOC(=O)C1=C(C)NC(CCC(O)c2ccc([N+](=O)[O-])cc2)=C(C(=O)OCC)C1c1cccc(SC)c1. The van der Waals surface area contributed by atoms with Crippen LogP contribution in [0.1, 0.15) is 56.8 Å². The van der Waals surface area contributed by atoms with Crippen molar-refractivity contribution in [2.75, 3.05) is 19.5 Å². The molecule has 0 aromatic heterocycles. The third kappa shape index (κ3) is 6.62. The number of dihydropyridines is 1. The maximum Gasteiger partial charge on any atom is 0.336 e. The summed E-state index contributed by atoms with van der Waals surface area (Å²) in [6.07, 6.45) is 1.51. The molecule has 3 rings (SSSR count). The van der Waals surface area contributed by atoms with Gasteiger partial charge in [-0.05, 0) is 75.3 Å². The number of rotatable bonds is 11. The van der Waals surface area contributed by atoms with Crippen LogP contribution in [0, 0.1) is 10.1 Å². The van der Waals surface area contributed by atoms with Gasteiger partial charge in [0.05, 0.1) is 41.3 Å². The maximum absolute atomic E-state index is 13.4. The van der Waals surface area contributed by atoms with Crippen molar-refractivity contribution < 1.29 is 29.1 Å². The number of esters is 2. The van der Waals surface area contributed by atoms with Crippen LogP contribution in [-0.2, 0) is 19.1 Å². The highest BCUT2D eigenvalue weighted by Gasteiger charge is 2.39. The Hall–Kier alpha value is -3.63. The first-order valence-electron chi connectivity index (χ1n) is 12.3. The van der Waals surface area contributed by atoms with Crippen LogP contribution in [-0.4, -0.2) is 41.4 Å². The summed E-state index contributed by atoms with van der Waals surface area (Å²) >= 11 is 1.55. The first-order valence-corrected chi connectivity index (χ1v) is 13.6. The van der Waals surface area contributed by atoms with Crippen molar-refractivity contribution >= 4 is 29.4 Å². The summed E-state index contributed by atoms with van der Waals surface area (Å²) in [4.78, 5) is 37.9. The van der Waals surface area contributed by atoms with Crippen molar-refractivity contribution in [3.63, 3.8) is 0 Å². The second-order valence-corrected chi connectivity index (χ2v) is 9.49. The van der Waals surface area contributed by atoms with Crippen LogP contribution < -0.4 is 5.32 Å². The molecular weight excluding hydrogens is 508 g/mol. The highest BCUT2D eigenvalue weighted by atomic mass is 32.2. The number of hydrogen-bond donors (Lipinski definition) is 2. The molecule has 1 aliphatic heterocycles. The molecule has 9 nitrogen and oxygen atoms in total. The van der Waals surface area contributed by atoms with E-state index in [9.17, 15) is 24.8 Å². The zero-order valence-corrected chi connectivity index (χ0v) is 22.7. The largest absolute Gasteiger partial charge is 0.463 e. The summed E-state index contributed by atoms with van der Waals surface area (Å²) in [5.74, 6) is -1.81. The van der Waals surface area contributed by atoms with Crippen molar-refractivity contribution in [3.05, 3.63) is 92.3 Å². The van der Waals surface area contributed by atoms with Gasteiger partial charge in [0, 0.05) is 28.4 Å². The normalized spacial score (nSPS) is 16.1. The lowest BCUT2D eigenvalue weighted by atomic mass is 9.79. The Bertz CT molecular complexity index is 1250. The summed E-state index contributed by atoms with van der Waals surface area (Å²) in [5.41, 5.74) is 2.91. The molecule has 0 amide bonds. The molecule has 2 aromatic carbocycles. The van der Waals surface area contributed by atoms with E-state index < -0.39 is 28.9 Å². The molecule has 10 heteroatoms. The second kappa shape index (κ2) is 13.3. The Balaban J connectivity index is 2.05. The first-order chi connectivity index (χ1) is 18.2. The monoisotopic (exact) mass is 540 g/mol. The molecular formula is C28H32N2O7S. The zero-order chi connectivity index (χ0) is 27.8. The standard InChI is InChI=1S/C28H32N2O7S/c1-5-36-27(32)24-17(3)29-22(14-15-23(31)18-10-12-20(13-11-18)30(34)35)26(28(33)37-6-2)25(24)19-8-7-9-21(16-19)38-4/h7-13,16,23,25,29,31H,5-6,14-15H2,1-4H3. The van der Waals surface area contributed by atoms with Crippen molar-refractivity contribution in [2.24, 2.45) is 0 Å². The number of benzene rings is 2. The van der Waals surface area contributed by atoms with E-state index in [4.69, 9.17) is 9.47 Å². The Kier molecular flexibility index (Phi) is 10.1. The van der Waals surface area contributed by atoms with E-state index in [2.05, 4.69) is 5.32 Å². The maximum atomic E-state index is 13.4. The molecule has 38 heavy (non-hydrogen) atoms. The number of carbonyl (C=O) groups excluding carboxylic acids is 2. The van der Waals surface area contributed by atoms with Crippen LogP contribution in [0.5, 0.6) is 0 Å². The fourth-order valence-corrected chi connectivity index (χ4v) is 4.91. The molecule has 0 saturated carbocycles. The van der Waals surface area contributed by atoms with Gasteiger partial charge in [-0.2, -0.15) is 0 Å². The number of aliphatic hydroxyl groups excluding tert-OH is 1. The number of ether oxygens (including phenoxy) is 2. The number of thioether (sulfide) groups is 1. The number of nitrogens with one attached hydrogen (secondary N) is 1. The fraction of sp³-hybridized carbons (Fsp3) is 0.357. The predicted molar refractivity (Wildman–Crippen MR) is 144 cm³/mol. The predicted octanol–water partition coefficient (Wildman–Crippen LogP) is 5.17. The molecule has 0 aliphatic carbocycles. The smallest absolute Gasteiger partial charge is 0.336 e. The van der Waals surface area contributed by atoms with Gasteiger partial charge in [-0.1, -0.05) is 12.1 Å². The minimum atomic E-state index is -0.928. The van der Waals surface area contributed by atoms with E-state index >= 15 is 0 Å². The zero-order valence-electron chi connectivity index (χ0n) is 21.9. The van der Waals surface area contributed by atoms with Gasteiger partial charge in [-0.25, -0.2) is 9.59 Å². The van der Waals surface area contributed by atoms with E-state index in [1.165, 1.54) is 24.3 Å². The van der Waals surface area contributed by atoms with Gasteiger partial charge < -0.3 is 19.9 Å². The van der Waals surface area contributed by atoms with Crippen molar-refractivity contribution in [2.45, 2.75) is 50.5 Å². The average molecular weight is 541 g/mol. The summed E-state index contributed by atoms with van der Waals surface area (Å²) < 4.78 is 10.8. The Morgan fingerprint density at radius 3 is 2.29 bits per heavy atom. The third-order valence-corrected chi connectivity index (χ3v) is 6.94. The molecule has 2 N–H and O–H groups in total. The van der Waals surface area contributed by atoms with E-state index in [-0.39, 0.29) is 37.3 Å². The summed E-state index contributed by atoms with van der Waals surface area (Å²) in [7, 11) is 0. The molecule has 1 aliphatic rings. The number of allylic oxidation sites excluding steroid dienone is 2. The Morgan fingerprint density at radius 1 is 1.08 bits per heavy atom. The lowest BCUT2D eigenvalue weighted by molar-refractivity contribution is -0.384. The van der Waals surface area contributed by atoms with Crippen LogP contribution in [0.25, 0.3) is 0 Å². The van der Waals surface area contributed by atoms with Gasteiger partial charge in [0.15, 0.2) is 0 Å². The van der Waals surface area contributed by atoms with Crippen molar-refractivity contribution in [1.29, 1.82) is 0 Å². The van der Waals surface area contributed by atoms with Crippen LogP contribution in [0.15, 0.2) is 76.0 Å². The molecule has 0 bridgehead atoms. The van der Waals surface area contributed by atoms with E-state index in [1.54, 1.807) is 32.5 Å². The van der Waals surface area contributed by atoms with Crippen LogP contribution in [0.3, 0.4) is 0 Å². The summed E-state index contributed by atoms with van der Waals surface area (Å²) in [6.45, 7) is 5.52. The number of nitrogens with zero attached hydrogens (tertiary/aromatic N) is 1. The number of aliphatic hydroxyl groups is 1. The first kappa shape index (κ1) is 28.9. The highest BCUT2D eigenvalue weighted by Crippen LogP contribution is 2.41. The van der Waals surface area contributed by atoms with Gasteiger partial charge in [0.1, 0.15) is 0 Å². The van der Waals surface area contributed by atoms with Crippen LogP contribution >= 0.6 is 11.8 Å². The number of nitro benzene ring substituents is 1. The highest BCUT2D eigenvalue weighted by molar-refractivity contribution is 7.98. The average Bonchev–Trinajstić information content (AvgIpc) is 2.91. The molecule has 2 aromatic rings. The summed E-state index contributed by atoms with van der Waals surface area (Å²) in [6, 6.07) is 13.3. The van der Waals surface area contributed by atoms with Gasteiger partial charge in [0.25, 0.3) is 5.69 Å². The van der Waals surface area contributed by atoms with Crippen LogP contribution in [0.4, 0.5) is 5.69 Å². The van der Waals surface area contributed by atoms with Crippen molar-refractivity contribution in [3.8, 4) is 0 Å². The molecule has 1 heterocycles. The number of hydrogen-bond acceptors (Lipinski definition) is 9. The number of nitro groups is 1. The van der Waals surface area contributed by atoms with Gasteiger partial charge in [0.2, 0.25) is 0 Å². The van der Waals surface area contributed by atoms with Gasteiger partial charge in [-0.3, -0.25) is 10.1 Å². The fourth-order valence-electron chi connectivity index (χ4n) is 4.44. The molecule has 202 valence electrons. The molecule has 0 fully saturated rings. The van der Waals surface area contributed by atoms with E-state index in [0.29, 0.717) is 22.5 Å². The molecule has 2 atom stereocenters. The minimum Gasteiger partial charge on any atom is -0.463 e. The Labute approximate surface area is 226 Å². The van der Waals surface area contributed by atoms with Crippen molar-refractivity contribution in [1.82, 2.24) is 5.32 Å². The van der Waals surface area contributed by atoms with Gasteiger partial charge >= 0.3 is 11.9 Å². The molecule has 2 unspecified atom stereocenters. The van der Waals surface area contributed by atoms with E-state index in [0.717, 1.165) is 10.5 Å². The molecule has 0 spiro atoms. The van der Waals surface area contributed by atoms with Gasteiger partial charge in [-0.15, -0.1) is 11.8 Å². The van der Waals surface area contributed by atoms with E-state index in [1.807, 2.05) is 30.5 Å². The topological polar surface area (TPSA) is 128 Å². The second-order valence-electron chi connectivity index (χ2n) is 8.61. The Morgan fingerprint density at radius 2 is 1.71 bits per heavy atom. The molecule has 0 radical (unpaired) electrons. The number of non-ortho nitro benzene ring substituents is 1. The third-order valence-electron chi connectivity index (χ3n) is 6.22. The minimum absolute atomic E-state index is 0.0650.